The Hall–Kier alpha value is -3.26. The number of carbonyl (C=O) groups excluding carboxylic acids is 2. The van der Waals surface area contributed by atoms with Gasteiger partial charge in [-0.1, -0.05) is 12.2 Å². The van der Waals surface area contributed by atoms with Crippen LogP contribution in [0.2, 0.25) is 0 Å². The third-order valence-electron chi connectivity index (χ3n) is 6.21. The zero-order valence-corrected chi connectivity index (χ0v) is 17.6. The lowest BCUT2D eigenvalue weighted by Crippen LogP contribution is -2.50. The van der Waals surface area contributed by atoms with Crippen LogP contribution in [0.1, 0.15) is 41.5 Å². The molecule has 8 heteroatoms. The van der Waals surface area contributed by atoms with Crippen LogP contribution >= 0.6 is 0 Å². The molecule has 2 aromatic rings. The van der Waals surface area contributed by atoms with E-state index in [0.717, 1.165) is 0 Å². The number of nitrogens with zero attached hydrogens (tertiary/aromatic N) is 3. The fraction of sp³-hybridized carbons (Fsp3) is 0.391. The Balaban J connectivity index is 1.85. The molecule has 1 saturated heterocycles. The smallest absolute Gasteiger partial charge is 0.258 e. The van der Waals surface area contributed by atoms with Crippen molar-refractivity contribution in [2.45, 2.75) is 32.5 Å². The van der Waals surface area contributed by atoms with E-state index in [2.05, 4.69) is 10.3 Å². The molecule has 4 atom stereocenters. The van der Waals surface area contributed by atoms with Gasteiger partial charge in [-0.25, -0.2) is 0 Å². The summed E-state index contributed by atoms with van der Waals surface area (Å²) in [6.07, 6.45) is 6.60. The standard InChI is InChI=1S/C23H26N4O4/c1-3-6-14-8-9-18-19-16(12-26(18)22(14)30)17(13-28)20(21(29)25-4-2)27(19)23(31)15-7-5-10-24-11-15/h3,5-11,16-17,19-20,28H,4,12-13H2,1-2H3,(H,25,29)/b6-3-/t16-,17-,19+,20-/m0/s1. The molecule has 0 bridgehead atoms. The second kappa shape index (κ2) is 8.47. The Morgan fingerprint density at radius 3 is 2.77 bits per heavy atom. The van der Waals surface area contributed by atoms with Crippen molar-refractivity contribution in [1.82, 2.24) is 19.8 Å². The molecule has 0 aliphatic carbocycles. The van der Waals surface area contributed by atoms with Crippen molar-refractivity contribution < 1.29 is 14.7 Å². The Bertz CT molecular complexity index is 1080. The van der Waals surface area contributed by atoms with Gasteiger partial charge in [-0.15, -0.1) is 0 Å². The summed E-state index contributed by atoms with van der Waals surface area (Å²) in [6.45, 7) is 4.17. The molecule has 4 rings (SSSR count). The molecule has 0 radical (unpaired) electrons. The highest BCUT2D eigenvalue weighted by Gasteiger charge is 2.57. The number of fused-ring (bicyclic) bond motifs is 3. The predicted molar refractivity (Wildman–Crippen MR) is 115 cm³/mol. The lowest BCUT2D eigenvalue weighted by Gasteiger charge is -2.31. The SMILES string of the molecule is C/C=C\c1ccc2n(c1=O)C[C@H]1[C@H](CO)[C@@H](C(=O)NCC)N(C(=O)c3cccnc3)[C@@H]21. The van der Waals surface area contributed by atoms with Gasteiger partial charge in [-0.05, 0) is 38.1 Å². The number of carbonyl (C=O) groups is 2. The van der Waals surface area contributed by atoms with Crippen LogP contribution in [-0.4, -0.2) is 50.6 Å². The van der Waals surface area contributed by atoms with E-state index in [1.807, 2.05) is 19.9 Å². The zero-order chi connectivity index (χ0) is 22.1. The van der Waals surface area contributed by atoms with Crippen molar-refractivity contribution in [1.29, 1.82) is 0 Å². The molecule has 8 nitrogen and oxygen atoms in total. The molecule has 31 heavy (non-hydrogen) atoms. The summed E-state index contributed by atoms with van der Waals surface area (Å²) < 4.78 is 1.67. The summed E-state index contributed by atoms with van der Waals surface area (Å²) in [5, 5.41) is 13.0. The quantitative estimate of drug-likeness (QED) is 0.754. The van der Waals surface area contributed by atoms with E-state index in [0.29, 0.717) is 29.9 Å². The molecule has 0 saturated carbocycles. The maximum absolute atomic E-state index is 13.6. The summed E-state index contributed by atoms with van der Waals surface area (Å²) in [4.78, 5) is 45.1. The second-order valence-corrected chi connectivity index (χ2v) is 7.88. The summed E-state index contributed by atoms with van der Waals surface area (Å²) >= 11 is 0. The monoisotopic (exact) mass is 422 g/mol. The van der Waals surface area contributed by atoms with Crippen molar-refractivity contribution in [3.05, 3.63) is 69.9 Å². The van der Waals surface area contributed by atoms with Crippen LogP contribution in [0.15, 0.2) is 47.5 Å². The van der Waals surface area contributed by atoms with Crippen LogP contribution in [0.4, 0.5) is 0 Å². The predicted octanol–water partition coefficient (Wildman–Crippen LogP) is 1.22. The number of allylic oxidation sites excluding steroid dienone is 1. The molecule has 0 spiro atoms. The van der Waals surface area contributed by atoms with Gasteiger partial charge in [0.1, 0.15) is 6.04 Å². The van der Waals surface area contributed by atoms with Gasteiger partial charge >= 0.3 is 0 Å². The highest BCUT2D eigenvalue weighted by Crippen LogP contribution is 2.49. The van der Waals surface area contributed by atoms with Crippen molar-refractivity contribution in [3.8, 4) is 0 Å². The molecule has 0 aromatic carbocycles. The summed E-state index contributed by atoms with van der Waals surface area (Å²) in [5.74, 6) is -1.37. The number of nitrogens with one attached hydrogen (secondary N) is 1. The lowest BCUT2D eigenvalue weighted by molar-refractivity contribution is -0.126. The first-order valence-corrected chi connectivity index (χ1v) is 10.5. The van der Waals surface area contributed by atoms with Crippen LogP contribution in [0.3, 0.4) is 0 Å². The number of likely N-dealkylation sites (tertiary alicyclic amines) is 1. The van der Waals surface area contributed by atoms with Gasteiger partial charge in [0.2, 0.25) is 5.91 Å². The lowest BCUT2D eigenvalue weighted by atomic mass is 9.88. The van der Waals surface area contributed by atoms with Crippen molar-refractivity contribution in [2.24, 2.45) is 11.8 Å². The topological polar surface area (TPSA) is 105 Å². The minimum absolute atomic E-state index is 0.134. The number of aromatic nitrogens is 2. The van der Waals surface area contributed by atoms with E-state index in [-0.39, 0.29) is 29.9 Å². The molecule has 162 valence electrons. The molecular weight excluding hydrogens is 396 g/mol. The number of pyridine rings is 2. The van der Waals surface area contributed by atoms with E-state index in [1.165, 1.54) is 6.20 Å². The third kappa shape index (κ3) is 3.37. The number of hydrogen-bond donors (Lipinski definition) is 2. The Kier molecular flexibility index (Phi) is 5.73. The maximum Gasteiger partial charge on any atom is 0.258 e. The number of aliphatic hydroxyl groups is 1. The van der Waals surface area contributed by atoms with Gasteiger partial charge < -0.3 is 19.9 Å². The molecule has 2 N–H and O–H groups in total. The van der Waals surface area contributed by atoms with Gasteiger partial charge in [0, 0.05) is 55.2 Å². The van der Waals surface area contributed by atoms with Crippen LogP contribution in [0.25, 0.3) is 6.08 Å². The second-order valence-electron chi connectivity index (χ2n) is 7.88. The average Bonchev–Trinajstić information content (AvgIpc) is 3.31. The molecule has 0 unspecified atom stereocenters. The minimum atomic E-state index is -0.827. The number of hydrogen-bond acceptors (Lipinski definition) is 5. The van der Waals surface area contributed by atoms with E-state index >= 15 is 0 Å². The fourth-order valence-electron chi connectivity index (χ4n) is 4.95. The molecule has 1 fully saturated rings. The Labute approximate surface area is 180 Å². The van der Waals surface area contributed by atoms with Crippen molar-refractivity contribution in [3.63, 3.8) is 0 Å². The van der Waals surface area contributed by atoms with Crippen LogP contribution in [-0.2, 0) is 11.3 Å². The minimum Gasteiger partial charge on any atom is -0.396 e. The molecule has 4 heterocycles. The van der Waals surface area contributed by atoms with Gasteiger partial charge in [-0.2, -0.15) is 0 Å². The molecular formula is C23H26N4O4. The van der Waals surface area contributed by atoms with Crippen LogP contribution < -0.4 is 10.9 Å². The summed E-state index contributed by atoms with van der Waals surface area (Å²) in [6, 6.07) is 5.61. The average molecular weight is 422 g/mol. The normalized spacial score (nSPS) is 24.3. The molecule has 2 aliphatic rings. The highest BCUT2D eigenvalue weighted by molar-refractivity contribution is 5.98. The van der Waals surface area contributed by atoms with Crippen LogP contribution in [0.5, 0.6) is 0 Å². The maximum atomic E-state index is 13.6. The summed E-state index contributed by atoms with van der Waals surface area (Å²) in [5.41, 5.74) is 1.48. The van der Waals surface area contributed by atoms with Crippen molar-refractivity contribution in [2.75, 3.05) is 13.2 Å². The highest BCUT2D eigenvalue weighted by atomic mass is 16.3. The van der Waals surface area contributed by atoms with E-state index < -0.39 is 18.0 Å². The first kappa shape index (κ1) is 21.0. The van der Waals surface area contributed by atoms with Gasteiger partial charge in [0.15, 0.2) is 0 Å². The largest absolute Gasteiger partial charge is 0.396 e. The number of aliphatic hydroxyl groups excluding tert-OH is 1. The van der Waals surface area contributed by atoms with Gasteiger partial charge in [0.25, 0.3) is 11.5 Å². The third-order valence-corrected chi connectivity index (χ3v) is 6.21. The number of rotatable bonds is 5. The molecule has 2 aromatic heterocycles. The summed E-state index contributed by atoms with van der Waals surface area (Å²) in [7, 11) is 0. The Morgan fingerprint density at radius 1 is 1.32 bits per heavy atom. The first-order valence-electron chi connectivity index (χ1n) is 10.5. The van der Waals surface area contributed by atoms with Crippen molar-refractivity contribution >= 4 is 17.9 Å². The van der Waals surface area contributed by atoms with E-state index in [1.54, 1.807) is 46.0 Å². The Morgan fingerprint density at radius 2 is 2.13 bits per heavy atom. The number of amides is 2. The zero-order valence-electron chi connectivity index (χ0n) is 17.6. The van der Waals surface area contributed by atoms with E-state index in [4.69, 9.17) is 0 Å². The molecule has 2 amide bonds. The van der Waals surface area contributed by atoms with E-state index in [9.17, 15) is 19.5 Å². The van der Waals surface area contributed by atoms with Crippen LogP contribution in [0, 0.1) is 11.8 Å². The van der Waals surface area contributed by atoms with Gasteiger partial charge in [-0.3, -0.25) is 19.4 Å². The molecule has 2 aliphatic heterocycles. The fourth-order valence-corrected chi connectivity index (χ4v) is 4.95. The van der Waals surface area contributed by atoms with Gasteiger partial charge in [0.05, 0.1) is 11.6 Å². The number of likely N-dealkylation sites (N-methyl/N-ethyl adjacent to an activating group) is 1. The first-order chi connectivity index (χ1) is 15.0.